The normalized spacial score (nSPS) is 12.7. The maximum absolute atomic E-state index is 13.0. The van der Waals surface area contributed by atoms with Crippen molar-refractivity contribution in [3.63, 3.8) is 0 Å². The SMILES string of the molecule is Fc1cc(C(F)(F)F)cc(Br)c1OC(F)(F)F. The largest absolute Gasteiger partial charge is 0.573 e. The summed E-state index contributed by atoms with van der Waals surface area (Å²) in [5.74, 6) is -3.10. The van der Waals surface area contributed by atoms with Crippen LogP contribution in [0.15, 0.2) is 16.6 Å². The monoisotopic (exact) mass is 326 g/mol. The molecule has 0 aliphatic heterocycles. The first-order valence-electron chi connectivity index (χ1n) is 3.82. The van der Waals surface area contributed by atoms with E-state index in [0.717, 1.165) is 0 Å². The van der Waals surface area contributed by atoms with E-state index in [1.807, 2.05) is 0 Å². The number of hydrogen-bond acceptors (Lipinski definition) is 1. The quantitative estimate of drug-likeness (QED) is 0.690. The molecule has 17 heavy (non-hydrogen) atoms. The highest BCUT2D eigenvalue weighted by molar-refractivity contribution is 9.10. The van der Waals surface area contributed by atoms with Crippen LogP contribution >= 0.6 is 15.9 Å². The molecule has 0 spiro atoms. The molecule has 1 rings (SSSR count). The highest BCUT2D eigenvalue weighted by atomic mass is 79.9. The maximum Gasteiger partial charge on any atom is 0.573 e. The average molecular weight is 327 g/mol. The fourth-order valence-electron chi connectivity index (χ4n) is 0.937. The summed E-state index contributed by atoms with van der Waals surface area (Å²) in [6.45, 7) is 0. The first-order chi connectivity index (χ1) is 7.50. The Kier molecular flexibility index (Phi) is 3.60. The second kappa shape index (κ2) is 4.35. The maximum atomic E-state index is 13.0. The lowest BCUT2D eigenvalue weighted by molar-refractivity contribution is -0.275. The van der Waals surface area contributed by atoms with E-state index in [4.69, 9.17) is 0 Å². The zero-order valence-electron chi connectivity index (χ0n) is 7.59. The van der Waals surface area contributed by atoms with Gasteiger partial charge in [-0.2, -0.15) is 13.2 Å². The second-order valence-electron chi connectivity index (χ2n) is 2.81. The molecule has 0 atom stereocenters. The van der Waals surface area contributed by atoms with Gasteiger partial charge in [-0.1, -0.05) is 0 Å². The van der Waals surface area contributed by atoms with Gasteiger partial charge in [0.05, 0.1) is 10.0 Å². The number of benzene rings is 1. The van der Waals surface area contributed by atoms with E-state index in [1.54, 1.807) is 0 Å². The summed E-state index contributed by atoms with van der Waals surface area (Å²) in [6.07, 6.45) is -10.1. The van der Waals surface area contributed by atoms with Crippen LogP contribution in [0.2, 0.25) is 0 Å². The molecule has 96 valence electrons. The van der Waals surface area contributed by atoms with Crippen molar-refractivity contribution in [3.05, 3.63) is 28.0 Å². The lowest BCUT2D eigenvalue weighted by Crippen LogP contribution is -2.18. The fourth-order valence-corrected chi connectivity index (χ4v) is 1.45. The molecule has 0 aliphatic rings. The molecular formula is C8H2BrF7O. The van der Waals surface area contributed by atoms with Gasteiger partial charge in [-0.3, -0.25) is 0 Å². The van der Waals surface area contributed by atoms with E-state index in [0.29, 0.717) is 6.07 Å². The average Bonchev–Trinajstić information content (AvgIpc) is 2.07. The number of ether oxygens (including phenoxy) is 1. The van der Waals surface area contributed by atoms with Gasteiger partial charge >= 0.3 is 12.5 Å². The summed E-state index contributed by atoms with van der Waals surface area (Å²) < 4.78 is 87.4. The van der Waals surface area contributed by atoms with Crippen molar-refractivity contribution in [2.24, 2.45) is 0 Å². The van der Waals surface area contributed by atoms with Crippen LogP contribution in [0, 0.1) is 5.82 Å². The summed E-state index contributed by atoms with van der Waals surface area (Å²) >= 11 is 2.38. The Morgan fingerprint density at radius 2 is 1.53 bits per heavy atom. The minimum atomic E-state index is -5.19. The third-order valence-corrected chi connectivity index (χ3v) is 2.13. The third-order valence-electron chi connectivity index (χ3n) is 1.54. The van der Waals surface area contributed by atoms with Gasteiger partial charge in [0.2, 0.25) is 0 Å². The van der Waals surface area contributed by atoms with Crippen LogP contribution in [0.5, 0.6) is 5.75 Å². The van der Waals surface area contributed by atoms with Crippen LogP contribution in [-0.4, -0.2) is 6.36 Å². The van der Waals surface area contributed by atoms with E-state index >= 15 is 0 Å². The van der Waals surface area contributed by atoms with E-state index in [-0.39, 0.29) is 6.07 Å². The molecule has 0 heterocycles. The molecule has 9 heteroatoms. The molecule has 0 amide bonds. The van der Waals surface area contributed by atoms with Crippen molar-refractivity contribution in [2.45, 2.75) is 12.5 Å². The molecule has 0 unspecified atom stereocenters. The molecule has 0 N–H and O–H groups in total. The summed E-state index contributed by atoms with van der Waals surface area (Å²) in [5, 5.41) is 0. The van der Waals surface area contributed by atoms with Gasteiger partial charge in [-0.25, -0.2) is 4.39 Å². The Balaban J connectivity index is 3.20. The molecule has 1 aromatic rings. The molecular weight excluding hydrogens is 325 g/mol. The zero-order valence-corrected chi connectivity index (χ0v) is 9.17. The molecule has 1 nitrogen and oxygen atoms in total. The van der Waals surface area contributed by atoms with E-state index in [1.165, 1.54) is 0 Å². The molecule has 0 aliphatic carbocycles. The molecule has 1 aromatic carbocycles. The van der Waals surface area contributed by atoms with Gasteiger partial charge in [-0.15, -0.1) is 13.2 Å². The Bertz CT molecular complexity index is 400. The highest BCUT2D eigenvalue weighted by Crippen LogP contribution is 2.38. The van der Waals surface area contributed by atoms with Gasteiger partial charge in [0.25, 0.3) is 0 Å². The number of hydrogen-bond donors (Lipinski definition) is 0. The number of halogens is 8. The van der Waals surface area contributed by atoms with Crippen molar-refractivity contribution in [1.82, 2.24) is 0 Å². The lowest BCUT2D eigenvalue weighted by atomic mass is 10.2. The lowest BCUT2D eigenvalue weighted by Gasteiger charge is -2.13. The van der Waals surface area contributed by atoms with Gasteiger partial charge in [0, 0.05) is 0 Å². The van der Waals surface area contributed by atoms with E-state index in [2.05, 4.69) is 20.7 Å². The van der Waals surface area contributed by atoms with Gasteiger partial charge in [-0.05, 0) is 28.1 Å². The Morgan fingerprint density at radius 1 is 1.00 bits per heavy atom. The molecule has 0 saturated heterocycles. The summed E-state index contributed by atoms with van der Waals surface area (Å²) in [7, 11) is 0. The summed E-state index contributed by atoms with van der Waals surface area (Å²) in [6, 6.07) is 0.218. The van der Waals surface area contributed by atoms with Crippen LogP contribution < -0.4 is 4.74 Å². The molecule has 0 bridgehead atoms. The molecule has 0 saturated carbocycles. The van der Waals surface area contributed by atoms with E-state index < -0.39 is 34.1 Å². The Labute approximate surface area is 98.3 Å². The van der Waals surface area contributed by atoms with Crippen molar-refractivity contribution >= 4 is 15.9 Å². The minimum absolute atomic E-state index is 0.0775. The number of rotatable bonds is 1. The zero-order chi connectivity index (χ0) is 13.4. The molecule has 0 radical (unpaired) electrons. The van der Waals surface area contributed by atoms with Crippen LogP contribution in [-0.2, 0) is 6.18 Å². The summed E-state index contributed by atoms with van der Waals surface area (Å²) in [5.41, 5.74) is -1.42. The van der Waals surface area contributed by atoms with Gasteiger partial charge in [0.1, 0.15) is 0 Å². The minimum Gasteiger partial charge on any atom is -0.401 e. The number of alkyl halides is 6. The van der Waals surface area contributed by atoms with Gasteiger partial charge in [0.15, 0.2) is 11.6 Å². The third kappa shape index (κ3) is 3.76. The van der Waals surface area contributed by atoms with Gasteiger partial charge < -0.3 is 4.74 Å². The Hall–Kier alpha value is -0.990. The predicted molar refractivity (Wildman–Crippen MR) is 45.8 cm³/mol. The van der Waals surface area contributed by atoms with Crippen molar-refractivity contribution in [2.75, 3.05) is 0 Å². The molecule has 0 aromatic heterocycles. The standard InChI is InChI=1S/C8H2BrF7O/c9-4-1-3(7(11,12)13)2-5(10)6(4)17-8(14,15)16/h1-2H. The van der Waals surface area contributed by atoms with Crippen LogP contribution in [0.3, 0.4) is 0 Å². The van der Waals surface area contributed by atoms with Crippen molar-refractivity contribution < 1.29 is 35.5 Å². The van der Waals surface area contributed by atoms with Crippen molar-refractivity contribution in [3.8, 4) is 5.75 Å². The first-order valence-corrected chi connectivity index (χ1v) is 4.62. The second-order valence-corrected chi connectivity index (χ2v) is 3.67. The highest BCUT2D eigenvalue weighted by Gasteiger charge is 2.36. The van der Waals surface area contributed by atoms with Crippen LogP contribution in [0.4, 0.5) is 30.7 Å². The van der Waals surface area contributed by atoms with E-state index in [9.17, 15) is 30.7 Å². The topological polar surface area (TPSA) is 9.23 Å². The fraction of sp³-hybridized carbons (Fsp3) is 0.250. The Morgan fingerprint density at radius 3 is 1.88 bits per heavy atom. The van der Waals surface area contributed by atoms with Crippen LogP contribution in [0.25, 0.3) is 0 Å². The summed E-state index contributed by atoms with van der Waals surface area (Å²) in [4.78, 5) is 0. The molecule has 0 fully saturated rings. The van der Waals surface area contributed by atoms with Crippen LogP contribution in [0.1, 0.15) is 5.56 Å². The predicted octanol–water partition coefficient (Wildman–Crippen LogP) is 4.51. The first kappa shape index (κ1) is 14.1. The van der Waals surface area contributed by atoms with Crippen molar-refractivity contribution in [1.29, 1.82) is 0 Å². The smallest absolute Gasteiger partial charge is 0.401 e.